The second kappa shape index (κ2) is 8.26. The van der Waals surface area contributed by atoms with Crippen molar-refractivity contribution in [1.82, 2.24) is 9.97 Å². The summed E-state index contributed by atoms with van der Waals surface area (Å²) in [6.07, 6.45) is 5.21. The molecule has 0 saturated heterocycles. The molecule has 1 aromatic heterocycles. The van der Waals surface area contributed by atoms with E-state index < -0.39 is 0 Å². The third-order valence-corrected chi connectivity index (χ3v) is 4.87. The highest BCUT2D eigenvalue weighted by molar-refractivity contribution is 5.62. The van der Waals surface area contributed by atoms with Gasteiger partial charge < -0.3 is 15.8 Å². The van der Waals surface area contributed by atoms with Gasteiger partial charge in [-0.05, 0) is 61.9 Å². The van der Waals surface area contributed by atoms with Crippen LogP contribution in [-0.2, 0) is 0 Å². The normalized spacial score (nSPS) is 16.2. The number of nitrogens with one attached hydrogen (secondary N) is 1. The van der Waals surface area contributed by atoms with Crippen LogP contribution in [0.4, 0.5) is 5.95 Å². The number of aromatic nitrogens is 2. The number of hydrogen-bond acceptors (Lipinski definition) is 5. The van der Waals surface area contributed by atoms with E-state index in [1.54, 1.807) is 12.7 Å². The Hall–Kier alpha value is -2.14. The van der Waals surface area contributed by atoms with Crippen LogP contribution >= 0.6 is 0 Å². The molecule has 3 N–H and O–H groups in total. The zero-order valence-electron chi connectivity index (χ0n) is 16.8. The van der Waals surface area contributed by atoms with Crippen LogP contribution in [0.15, 0.2) is 30.5 Å². The third kappa shape index (κ3) is 5.42. The molecule has 1 aliphatic rings. The van der Waals surface area contributed by atoms with E-state index in [0.29, 0.717) is 24.5 Å². The molecule has 5 nitrogen and oxygen atoms in total. The van der Waals surface area contributed by atoms with Gasteiger partial charge in [0.1, 0.15) is 5.75 Å². The number of hydrogen-bond donors (Lipinski definition) is 2. The van der Waals surface area contributed by atoms with Gasteiger partial charge in [0, 0.05) is 29.8 Å². The van der Waals surface area contributed by atoms with E-state index in [1.807, 2.05) is 12.1 Å². The number of nitrogens with zero attached hydrogens (tertiary/aromatic N) is 2. The molecule has 1 atom stereocenters. The predicted molar refractivity (Wildman–Crippen MR) is 110 cm³/mol. The summed E-state index contributed by atoms with van der Waals surface area (Å²) in [7, 11) is 0. The van der Waals surface area contributed by atoms with Crippen LogP contribution in [0.1, 0.15) is 45.6 Å². The minimum absolute atomic E-state index is 0.130. The fraction of sp³-hybridized carbons (Fsp3) is 0.500. The Bertz CT molecular complexity index is 773. The molecule has 3 rings (SSSR count). The summed E-state index contributed by atoms with van der Waals surface area (Å²) in [6.45, 7) is 11.0. The second-order valence-electron chi connectivity index (χ2n) is 8.37. The van der Waals surface area contributed by atoms with Crippen LogP contribution in [0.5, 0.6) is 5.75 Å². The van der Waals surface area contributed by atoms with Crippen molar-refractivity contribution >= 4 is 5.95 Å². The molecule has 0 spiro atoms. The predicted octanol–water partition coefficient (Wildman–Crippen LogP) is 4.58. The van der Waals surface area contributed by atoms with Crippen molar-refractivity contribution < 1.29 is 4.74 Å². The van der Waals surface area contributed by atoms with Crippen LogP contribution in [0.3, 0.4) is 0 Å². The highest BCUT2D eigenvalue weighted by Crippen LogP contribution is 2.31. The van der Waals surface area contributed by atoms with Crippen molar-refractivity contribution in [3.63, 3.8) is 0 Å². The molecule has 0 unspecified atom stereocenters. The van der Waals surface area contributed by atoms with E-state index in [9.17, 15) is 0 Å². The average molecular weight is 368 g/mol. The number of rotatable bonds is 9. The molecule has 145 valence electrons. The van der Waals surface area contributed by atoms with Crippen LogP contribution in [0, 0.1) is 24.8 Å². The first kappa shape index (κ1) is 19.6. The minimum Gasteiger partial charge on any atom is -0.493 e. The van der Waals surface area contributed by atoms with E-state index in [4.69, 9.17) is 10.5 Å². The Morgan fingerprint density at radius 1 is 1.33 bits per heavy atom. The van der Waals surface area contributed by atoms with E-state index >= 15 is 0 Å². The molecule has 1 aromatic carbocycles. The Morgan fingerprint density at radius 3 is 2.74 bits per heavy atom. The van der Waals surface area contributed by atoms with Crippen molar-refractivity contribution in [1.29, 1.82) is 0 Å². The standard InChI is InChI=1S/C22H31N4O/c1-15(2)12-22(4,13-23)14-27-20-8-5-17(11-16(20)3)19-9-10-24-21(26-19)25-18-6-7-18/h5,8-11,13,15,18H,6-7,12,14,23H2,1-4H3,(H,24,25,26)/t22-/m0/s1. The Morgan fingerprint density at radius 2 is 2.11 bits per heavy atom. The Kier molecular flexibility index (Phi) is 6.00. The second-order valence-corrected chi connectivity index (χ2v) is 8.37. The number of anilines is 1. The van der Waals surface area contributed by atoms with Crippen LogP contribution in [-0.4, -0.2) is 22.6 Å². The van der Waals surface area contributed by atoms with Gasteiger partial charge in [-0.15, -0.1) is 0 Å². The summed E-state index contributed by atoms with van der Waals surface area (Å²) in [5.41, 5.74) is 8.83. The van der Waals surface area contributed by atoms with Gasteiger partial charge in [0.2, 0.25) is 5.95 Å². The first-order chi connectivity index (χ1) is 12.9. The highest BCUT2D eigenvalue weighted by Gasteiger charge is 2.26. The molecule has 1 radical (unpaired) electrons. The summed E-state index contributed by atoms with van der Waals surface area (Å²) in [5.74, 6) is 2.16. The summed E-state index contributed by atoms with van der Waals surface area (Å²) < 4.78 is 6.11. The molecule has 1 fully saturated rings. The molecule has 5 heteroatoms. The minimum atomic E-state index is -0.130. The molecule has 2 aromatic rings. The van der Waals surface area contributed by atoms with Gasteiger partial charge >= 0.3 is 0 Å². The Balaban J connectivity index is 1.70. The summed E-state index contributed by atoms with van der Waals surface area (Å²) in [4.78, 5) is 8.95. The lowest BCUT2D eigenvalue weighted by molar-refractivity contribution is 0.163. The van der Waals surface area contributed by atoms with E-state index in [0.717, 1.165) is 29.0 Å². The largest absolute Gasteiger partial charge is 0.493 e. The van der Waals surface area contributed by atoms with E-state index in [2.05, 4.69) is 55.1 Å². The van der Waals surface area contributed by atoms with Crippen molar-refractivity contribution in [2.45, 2.75) is 53.0 Å². The molecular formula is C22H31N4O. The fourth-order valence-corrected chi connectivity index (χ4v) is 3.32. The molecule has 1 saturated carbocycles. The van der Waals surface area contributed by atoms with Crippen LogP contribution in [0.25, 0.3) is 11.3 Å². The van der Waals surface area contributed by atoms with Crippen LogP contribution < -0.4 is 15.8 Å². The molecular weight excluding hydrogens is 336 g/mol. The first-order valence-corrected chi connectivity index (χ1v) is 9.78. The summed E-state index contributed by atoms with van der Waals surface area (Å²) in [6, 6.07) is 8.67. The zero-order valence-corrected chi connectivity index (χ0v) is 16.8. The molecule has 0 aliphatic heterocycles. The maximum atomic E-state index is 6.11. The molecule has 27 heavy (non-hydrogen) atoms. The lowest BCUT2D eigenvalue weighted by Crippen LogP contribution is -2.31. The highest BCUT2D eigenvalue weighted by atomic mass is 16.5. The fourth-order valence-electron chi connectivity index (χ4n) is 3.32. The van der Waals surface area contributed by atoms with E-state index in [1.165, 1.54) is 12.8 Å². The molecule has 0 amide bonds. The van der Waals surface area contributed by atoms with Gasteiger partial charge in [-0.25, -0.2) is 9.97 Å². The Labute approximate surface area is 162 Å². The zero-order chi connectivity index (χ0) is 19.4. The van der Waals surface area contributed by atoms with Crippen molar-refractivity contribution in [3.05, 3.63) is 42.6 Å². The molecule has 1 heterocycles. The topological polar surface area (TPSA) is 73.1 Å². The molecule has 1 aliphatic carbocycles. The smallest absolute Gasteiger partial charge is 0.223 e. The maximum absolute atomic E-state index is 6.11. The van der Waals surface area contributed by atoms with Crippen LogP contribution in [0.2, 0.25) is 0 Å². The first-order valence-electron chi connectivity index (χ1n) is 9.78. The van der Waals surface area contributed by atoms with Gasteiger partial charge in [0.15, 0.2) is 0 Å². The number of aryl methyl sites for hydroxylation is 1. The SMILES string of the molecule is Cc1cc(-c2ccnc(NC3CC3)n2)ccc1OC[C@](C)([CH]N)CC(C)C. The van der Waals surface area contributed by atoms with Gasteiger partial charge in [0.25, 0.3) is 0 Å². The average Bonchev–Trinajstić information content (AvgIpc) is 3.44. The molecule has 0 bridgehead atoms. The summed E-state index contributed by atoms with van der Waals surface area (Å²) in [5, 5.41) is 3.35. The lowest BCUT2D eigenvalue weighted by atomic mass is 9.83. The lowest BCUT2D eigenvalue weighted by Gasteiger charge is -2.29. The number of nitrogens with two attached hydrogens (primary N) is 1. The van der Waals surface area contributed by atoms with Crippen molar-refractivity contribution in [3.8, 4) is 17.0 Å². The number of ether oxygens (including phenoxy) is 1. The van der Waals surface area contributed by atoms with Gasteiger partial charge in [-0.3, -0.25) is 0 Å². The third-order valence-electron chi connectivity index (χ3n) is 4.87. The quantitative estimate of drug-likeness (QED) is 0.679. The summed E-state index contributed by atoms with van der Waals surface area (Å²) >= 11 is 0. The van der Waals surface area contributed by atoms with Crippen molar-refractivity contribution in [2.75, 3.05) is 11.9 Å². The van der Waals surface area contributed by atoms with Gasteiger partial charge in [0.05, 0.1) is 12.3 Å². The monoisotopic (exact) mass is 367 g/mol. The number of benzene rings is 1. The van der Waals surface area contributed by atoms with Gasteiger partial charge in [-0.1, -0.05) is 20.8 Å². The van der Waals surface area contributed by atoms with E-state index in [-0.39, 0.29) is 5.41 Å². The van der Waals surface area contributed by atoms with Crippen molar-refractivity contribution in [2.24, 2.45) is 17.1 Å². The van der Waals surface area contributed by atoms with Gasteiger partial charge in [-0.2, -0.15) is 0 Å². The maximum Gasteiger partial charge on any atom is 0.223 e.